The molecule has 0 fully saturated rings. The van der Waals surface area contributed by atoms with Crippen LogP contribution in [0.1, 0.15) is 32.6 Å². The average molecular weight is 632 g/mol. The summed E-state index contributed by atoms with van der Waals surface area (Å²) in [6.45, 7) is 3.19. The predicted octanol–water partition coefficient (Wildman–Crippen LogP) is -2.05. The van der Waals surface area contributed by atoms with Crippen molar-refractivity contribution in [3.8, 4) is 0 Å². The van der Waals surface area contributed by atoms with Crippen LogP contribution < -0.4 is 21.3 Å². The molecule has 0 saturated carbocycles. The molecule has 0 bridgehead atoms. The Morgan fingerprint density at radius 2 is 1.39 bits per heavy atom. The third-order valence-electron chi connectivity index (χ3n) is 5.88. The number of alkyl carbamates (subject to hydrolysis) is 1. The van der Waals surface area contributed by atoms with Gasteiger partial charge in [-0.3, -0.25) is 28.9 Å². The fraction of sp³-hybridized carbons (Fsp3) is 0.704. The lowest BCUT2D eigenvalue weighted by atomic mass is 10.3. The maximum absolute atomic E-state index is 11.9. The highest BCUT2D eigenvalue weighted by Gasteiger charge is 2.23. The van der Waals surface area contributed by atoms with E-state index in [1.807, 2.05) is 6.92 Å². The van der Waals surface area contributed by atoms with E-state index in [0.29, 0.717) is 6.42 Å². The second-order valence-electron chi connectivity index (χ2n) is 9.23. The highest BCUT2D eigenvalue weighted by atomic mass is 16.7. The number of aliphatic hydroxyl groups is 1. The normalized spacial score (nSPS) is 13.8. The number of hydrogen-bond donors (Lipinski definition) is 5. The molecule has 1 unspecified atom stereocenters. The Morgan fingerprint density at radius 1 is 0.795 bits per heavy atom. The van der Waals surface area contributed by atoms with Gasteiger partial charge in [0.05, 0.1) is 39.1 Å². The van der Waals surface area contributed by atoms with Crippen LogP contribution in [0, 0.1) is 0 Å². The molecule has 1 heterocycles. The second-order valence-corrected chi connectivity index (χ2v) is 9.23. The summed E-state index contributed by atoms with van der Waals surface area (Å²) in [5.41, 5.74) is 0. The van der Waals surface area contributed by atoms with Gasteiger partial charge in [-0.15, -0.1) is 0 Å². The Bertz CT molecular complexity index is 926. The zero-order valence-electron chi connectivity index (χ0n) is 25.3. The lowest BCUT2D eigenvalue weighted by Gasteiger charge is -2.21. The van der Waals surface area contributed by atoms with E-state index < -0.39 is 30.3 Å². The van der Waals surface area contributed by atoms with Crippen molar-refractivity contribution in [2.75, 3.05) is 79.5 Å². The molecule has 17 heteroatoms. The minimum Gasteiger partial charge on any atom is -0.444 e. The lowest BCUT2D eigenvalue weighted by molar-refractivity contribution is -0.181. The van der Waals surface area contributed by atoms with Crippen molar-refractivity contribution >= 4 is 35.6 Å². The van der Waals surface area contributed by atoms with Gasteiger partial charge in [0.1, 0.15) is 6.61 Å². The number of methoxy groups -OCH3 is 1. The first-order valence-electron chi connectivity index (χ1n) is 14.4. The van der Waals surface area contributed by atoms with E-state index in [-0.39, 0.29) is 109 Å². The van der Waals surface area contributed by atoms with Gasteiger partial charge >= 0.3 is 6.09 Å². The van der Waals surface area contributed by atoms with Crippen LogP contribution in [0.3, 0.4) is 0 Å². The van der Waals surface area contributed by atoms with Crippen molar-refractivity contribution in [3.05, 3.63) is 12.2 Å². The molecule has 0 saturated heterocycles. The van der Waals surface area contributed by atoms with Crippen molar-refractivity contribution in [1.82, 2.24) is 26.2 Å². The zero-order chi connectivity index (χ0) is 32.6. The molecular weight excluding hydrogens is 586 g/mol. The Balaban J connectivity index is 1.92. The van der Waals surface area contributed by atoms with Gasteiger partial charge in [-0.1, -0.05) is 6.92 Å². The van der Waals surface area contributed by atoms with Gasteiger partial charge in [-0.2, -0.15) is 0 Å². The molecule has 1 aliphatic rings. The lowest BCUT2D eigenvalue weighted by Crippen LogP contribution is -2.37. The fourth-order valence-corrected chi connectivity index (χ4v) is 3.40. The maximum Gasteiger partial charge on any atom is 0.407 e. The first kappa shape index (κ1) is 38.4. The molecule has 2 atom stereocenters. The molecule has 5 N–H and O–H groups in total. The molecule has 0 aromatic rings. The molecule has 1 aliphatic heterocycles. The minimum absolute atomic E-state index is 0.00704. The SMILES string of the molecule is CC[C@H](CO)OC(COC(=O)NCCC(=O)NCCNC(=O)CCOCCOCCNC(=O)CCN1C(=O)C=CC1=O)OC. The Labute approximate surface area is 256 Å². The molecule has 0 aromatic heterocycles. The predicted molar refractivity (Wildman–Crippen MR) is 153 cm³/mol. The van der Waals surface area contributed by atoms with Crippen molar-refractivity contribution < 1.29 is 57.6 Å². The summed E-state index contributed by atoms with van der Waals surface area (Å²) in [7, 11) is 1.39. The van der Waals surface area contributed by atoms with Crippen molar-refractivity contribution in [3.63, 3.8) is 0 Å². The number of amides is 6. The summed E-state index contributed by atoms with van der Waals surface area (Å²) in [5, 5.41) is 19.5. The fourth-order valence-electron chi connectivity index (χ4n) is 3.40. The molecule has 6 amide bonds. The smallest absolute Gasteiger partial charge is 0.407 e. The molecule has 0 radical (unpaired) electrons. The van der Waals surface area contributed by atoms with Gasteiger partial charge in [-0.05, 0) is 6.42 Å². The van der Waals surface area contributed by atoms with Gasteiger partial charge in [0.15, 0.2) is 6.29 Å². The van der Waals surface area contributed by atoms with Crippen LogP contribution in [0.4, 0.5) is 4.79 Å². The average Bonchev–Trinajstić information content (AvgIpc) is 3.33. The molecule has 17 nitrogen and oxygen atoms in total. The van der Waals surface area contributed by atoms with Gasteiger partial charge < -0.3 is 50.1 Å². The quantitative estimate of drug-likeness (QED) is 0.0418. The molecule has 44 heavy (non-hydrogen) atoms. The number of imide groups is 1. The van der Waals surface area contributed by atoms with Gasteiger partial charge in [-0.25, -0.2) is 4.79 Å². The maximum atomic E-state index is 11.9. The number of nitrogens with zero attached hydrogens (tertiary/aromatic N) is 1. The zero-order valence-corrected chi connectivity index (χ0v) is 25.3. The summed E-state index contributed by atoms with van der Waals surface area (Å²) in [4.78, 5) is 71.1. The van der Waals surface area contributed by atoms with Crippen molar-refractivity contribution in [2.24, 2.45) is 0 Å². The first-order valence-corrected chi connectivity index (χ1v) is 14.4. The number of ether oxygens (including phenoxy) is 5. The summed E-state index contributed by atoms with van der Waals surface area (Å²) < 4.78 is 26.1. The topological polar surface area (TPSA) is 220 Å². The number of hydrogen-bond acceptors (Lipinski definition) is 12. The first-order chi connectivity index (χ1) is 21.2. The Morgan fingerprint density at radius 3 is 2.00 bits per heavy atom. The van der Waals surface area contributed by atoms with E-state index in [1.54, 1.807) is 0 Å². The van der Waals surface area contributed by atoms with Gasteiger partial charge in [0, 0.05) is 71.2 Å². The molecule has 250 valence electrons. The monoisotopic (exact) mass is 631 g/mol. The molecule has 0 aliphatic carbocycles. The number of carbonyl (C=O) groups excluding carboxylic acids is 6. The summed E-state index contributed by atoms with van der Waals surface area (Å²) >= 11 is 0. The molecular formula is C27H45N5O12. The van der Waals surface area contributed by atoms with Crippen LogP contribution in [-0.2, 0) is 47.7 Å². The second kappa shape index (κ2) is 23.8. The Kier molecular flexibility index (Phi) is 20.7. The van der Waals surface area contributed by atoms with Crippen LogP contribution in [0.15, 0.2) is 12.2 Å². The summed E-state index contributed by atoms with van der Waals surface area (Å²) in [6.07, 6.45) is 1.05. The van der Waals surface area contributed by atoms with Gasteiger partial charge in [0.25, 0.3) is 11.8 Å². The number of aliphatic hydroxyl groups excluding tert-OH is 1. The third kappa shape index (κ3) is 18.1. The van der Waals surface area contributed by atoms with E-state index >= 15 is 0 Å². The molecule has 0 spiro atoms. The van der Waals surface area contributed by atoms with Crippen molar-refractivity contribution in [2.45, 2.75) is 45.0 Å². The minimum atomic E-state index is -0.824. The largest absolute Gasteiger partial charge is 0.444 e. The van der Waals surface area contributed by atoms with E-state index in [9.17, 15) is 28.8 Å². The Hall–Kier alpha value is -3.64. The van der Waals surface area contributed by atoms with Crippen LogP contribution in [0.2, 0.25) is 0 Å². The highest BCUT2D eigenvalue weighted by Crippen LogP contribution is 2.05. The highest BCUT2D eigenvalue weighted by molar-refractivity contribution is 6.13. The van der Waals surface area contributed by atoms with Crippen molar-refractivity contribution in [1.29, 1.82) is 0 Å². The number of carbonyl (C=O) groups is 6. The molecule has 1 rings (SSSR count). The third-order valence-corrected chi connectivity index (χ3v) is 5.88. The van der Waals surface area contributed by atoms with E-state index in [2.05, 4.69) is 21.3 Å². The van der Waals surface area contributed by atoms with E-state index in [1.165, 1.54) is 19.3 Å². The summed E-state index contributed by atoms with van der Waals surface area (Å²) in [5.74, 6) is -1.73. The van der Waals surface area contributed by atoms with Crippen LogP contribution in [0.25, 0.3) is 0 Å². The van der Waals surface area contributed by atoms with Gasteiger partial charge in [0.2, 0.25) is 17.7 Å². The number of nitrogens with one attached hydrogen (secondary N) is 4. The summed E-state index contributed by atoms with van der Waals surface area (Å²) in [6, 6.07) is 0. The van der Waals surface area contributed by atoms with Crippen LogP contribution in [0.5, 0.6) is 0 Å². The van der Waals surface area contributed by atoms with Crippen LogP contribution in [-0.4, -0.2) is 138 Å². The standard InChI is InChI=1S/C27H45N5O12/c1-3-20(18-33)44-26(40-2)19-43-27(39)31-9-6-21(34)28-10-11-29-23(36)8-14-41-16-17-42-15-12-30-22(35)7-13-32-24(37)4-5-25(32)38/h4-5,20,26,33H,3,6-19H2,1-2H3,(H,28,34)(H,29,36)(H,30,35)(H,31,39)/t20-,26?/m1/s1. The molecule has 0 aromatic carbocycles. The van der Waals surface area contributed by atoms with Crippen LogP contribution >= 0.6 is 0 Å². The van der Waals surface area contributed by atoms with E-state index in [0.717, 1.165) is 4.90 Å². The number of rotatable bonds is 25. The van der Waals surface area contributed by atoms with E-state index in [4.69, 9.17) is 28.8 Å².